The molecule has 2 unspecified atom stereocenters. The Bertz CT molecular complexity index is 1160. The van der Waals surface area contributed by atoms with Crippen LogP contribution in [0, 0.1) is 19.8 Å². The van der Waals surface area contributed by atoms with Gasteiger partial charge in [0, 0.05) is 24.5 Å². The van der Waals surface area contributed by atoms with Gasteiger partial charge in [0.2, 0.25) is 0 Å². The Morgan fingerprint density at radius 1 is 0.912 bits per heavy atom. The second-order valence-corrected chi connectivity index (χ2v) is 8.53. The zero-order valence-electron chi connectivity index (χ0n) is 19.4. The van der Waals surface area contributed by atoms with Gasteiger partial charge >= 0.3 is 11.9 Å². The molecule has 0 aliphatic carbocycles. The molecular formula is C28H28O6. The summed E-state index contributed by atoms with van der Waals surface area (Å²) in [6.07, 6.45) is 0.200. The van der Waals surface area contributed by atoms with Gasteiger partial charge in [0.1, 0.15) is 0 Å². The first kappa shape index (κ1) is 25.0. The fraction of sp³-hybridized carbons (Fsp3) is 0.250. The highest BCUT2D eigenvalue weighted by atomic mass is 16.6. The number of rotatable bonds is 8. The molecule has 0 bridgehead atoms. The molecule has 6 heteroatoms. The molecule has 0 radical (unpaired) electrons. The average molecular weight is 461 g/mol. The van der Waals surface area contributed by atoms with E-state index in [4.69, 9.17) is 4.74 Å². The van der Waals surface area contributed by atoms with Crippen molar-refractivity contribution in [1.82, 2.24) is 0 Å². The van der Waals surface area contributed by atoms with E-state index in [-0.39, 0.29) is 24.2 Å². The molecule has 3 aromatic rings. The van der Waals surface area contributed by atoms with Crippen LogP contribution < -0.4 is 0 Å². The summed E-state index contributed by atoms with van der Waals surface area (Å²) in [6, 6.07) is 20.5. The molecule has 176 valence electrons. The number of aliphatic hydroxyl groups excluding tert-OH is 1. The molecule has 0 aliphatic heterocycles. The zero-order chi connectivity index (χ0) is 24.9. The maximum Gasteiger partial charge on any atom is 0.387 e. The minimum Gasteiger partial charge on any atom is -0.396 e. The van der Waals surface area contributed by atoms with Crippen LogP contribution in [0.5, 0.6) is 0 Å². The highest BCUT2D eigenvalue weighted by Gasteiger charge is 2.36. The molecular weight excluding hydrogens is 432 g/mol. The summed E-state index contributed by atoms with van der Waals surface area (Å²) < 4.78 is 4.78. The molecule has 0 aliphatic rings. The van der Waals surface area contributed by atoms with Gasteiger partial charge in [0.15, 0.2) is 0 Å². The van der Waals surface area contributed by atoms with Crippen LogP contribution in [0.15, 0.2) is 72.8 Å². The van der Waals surface area contributed by atoms with Crippen LogP contribution in [0.3, 0.4) is 0 Å². The molecule has 34 heavy (non-hydrogen) atoms. The summed E-state index contributed by atoms with van der Waals surface area (Å²) in [5.41, 5.74) is 1.47. The van der Waals surface area contributed by atoms with Crippen molar-refractivity contribution in [3.05, 3.63) is 106 Å². The first-order valence-electron chi connectivity index (χ1n) is 11.0. The first-order valence-corrected chi connectivity index (χ1v) is 11.0. The molecule has 0 spiro atoms. The fourth-order valence-electron chi connectivity index (χ4n) is 4.13. The van der Waals surface area contributed by atoms with Gasteiger partial charge < -0.3 is 14.9 Å². The summed E-state index contributed by atoms with van der Waals surface area (Å²) in [4.78, 5) is 37.4. The molecule has 0 fully saturated rings. The molecule has 2 N–H and O–H groups in total. The standard InChI is InChI=1S/C28H28O6/c1-18-14-21(16-28(33,20(3)17-29)23-12-8-5-9-13-23)15-19(2)24(18)25(30)27(32)34-26(31)22-10-6-4-7-11-22/h4-15,20,29,33H,16-17H2,1-3H3. The van der Waals surface area contributed by atoms with Crippen molar-refractivity contribution in [3.8, 4) is 0 Å². The summed E-state index contributed by atoms with van der Waals surface area (Å²) in [5, 5.41) is 21.3. The van der Waals surface area contributed by atoms with Crippen molar-refractivity contribution in [2.75, 3.05) is 6.61 Å². The van der Waals surface area contributed by atoms with Crippen LogP contribution >= 0.6 is 0 Å². The Morgan fingerprint density at radius 3 is 1.97 bits per heavy atom. The Hall–Kier alpha value is -3.61. The van der Waals surface area contributed by atoms with Gasteiger partial charge in [-0.05, 0) is 48.2 Å². The predicted octanol–water partition coefficient (Wildman–Crippen LogP) is 3.93. The van der Waals surface area contributed by atoms with Crippen molar-refractivity contribution in [1.29, 1.82) is 0 Å². The largest absolute Gasteiger partial charge is 0.396 e. The van der Waals surface area contributed by atoms with E-state index in [0.29, 0.717) is 16.7 Å². The number of aliphatic hydroxyl groups is 2. The van der Waals surface area contributed by atoms with Crippen molar-refractivity contribution >= 4 is 17.7 Å². The third kappa shape index (κ3) is 5.30. The number of hydrogen-bond donors (Lipinski definition) is 2. The lowest BCUT2D eigenvalue weighted by Gasteiger charge is -2.34. The number of ether oxygens (including phenoxy) is 1. The predicted molar refractivity (Wildman–Crippen MR) is 127 cm³/mol. The van der Waals surface area contributed by atoms with Crippen LogP contribution in [-0.2, 0) is 21.6 Å². The summed E-state index contributed by atoms with van der Waals surface area (Å²) in [6.45, 7) is 4.94. The molecule has 3 aromatic carbocycles. The van der Waals surface area contributed by atoms with Gasteiger partial charge in [-0.2, -0.15) is 0 Å². The third-order valence-electron chi connectivity index (χ3n) is 6.04. The van der Waals surface area contributed by atoms with Gasteiger partial charge in [-0.3, -0.25) is 4.79 Å². The summed E-state index contributed by atoms with van der Waals surface area (Å²) >= 11 is 0. The van der Waals surface area contributed by atoms with Crippen molar-refractivity contribution in [3.63, 3.8) is 0 Å². The van der Waals surface area contributed by atoms with Crippen molar-refractivity contribution < 1.29 is 29.3 Å². The Kier molecular flexibility index (Phi) is 7.76. The molecule has 2 atom stereocenters. The summed E-state index contributed by atoms with van der Waals surface area (Å²) in [7, 11) is 0. The Morgan fingerprint density at radius 2 is 1.44 bits per heavy atom. The molecule has 0 aromatic heterocycles. The van der Waals surface area contributed by atoms with E-state index >= 15 is 0 Å². The number of hydrogen-bond acceptors (Lipinski definition) is 6. The van der Waals surface area contributed by atoms with E-state index in [1.807, 2.05) is 30.3 Å². The molecule has 6 nitrogen and oxygen atoms in total. The van der Waals surface area contributed by atoms with E-state index < -0.39 is 29.2 Å². The molecule has 0 heterocycles. The van der Waals surface area contributed by atoms with Crippen LogP contribution in [-0.4, -0.2) is 34.5 Å². The number of Topliss-reactive ketones (excluding diaryl/α,β-unsaturated/α-hetero) is 1. The van der Waals surface area contributed by atoms with Gasteiger partial charge in [-0.25, -0.2) is 9.59 Å². The third-order valence-corrected chi connectivity index (χ3v) is 6.04. The number of benzene rings is 3. The van der Waals surface area contributed by atoms with E-state index in [1.54, 1.807) is 51.1 Å². The Balaban J connectivity index is 1.86. The van der Waals surface area contributed by atoms with Crippen molar-refractivity contribution in [2.45, 2.75) is 32.8 Å². The smallest absolute Gasteiger partial charge is 0.387 e. The minimum atomic E-state index is -1.33. The van der Waals surface area contributed by atoms with Crippen LogP contribution in [0.2, 0.25) is 0 Å². The lowest BCUT2D eigenvalue weighted by atomic mass is 9.77. The maximum absolute atomic E-state index is 12.8. The average Bonchev–Trinajstić information content (AvgIpc) is 2.83. The lowest BCUT2D eigenvalue weighted by molar-refractivity contribution is -0.132. The normalized spacial score (nSPS) is 13.6. The van der Waals surface area contributed by atoms with Gasteiger partial charge in [0.05, 0.1) is 11.2 Å². The number of aryl methyl sites for hydroxylation is 2. The first-order chi connectivity index (χ1) is 16.2. The SMILES string of the molecule is Cc1cc(CC(O)(c2ccccc2)C(C)CO)cc(C)c1C(=O)C(=O)OC(=O)c1ccccc1. The maximum atomic E-state index is 12.8. The lowest BCUT2D eigenvalue weighted by Crippen LogP contribution is -2.38. The van der Waals surface area contributed by atoms with Crippen LogP contribution in [0.4, 0.5) is 0 Å². The van der Waals surface area contributed by atoms with E-state index in [2.05, 4.69) is 0 Å². The molecule has 3 rings (SSSR count). The zero-order valence-corrected chi connectivity index (χ0v) is 19.4. The van der Waals surface area contributed by atoms with Crippen molar-refractivity contribution in [2.24, 2.45) is 5.92 Å². The highest BCUT2D eigenvalue weighted by Crippen LogP contribution is 2.34. The number of carbonyl (C=O) groups is 3. The fourth-order valence-corrected chi connectivity index (χ4v) is 4.13. The topological polar surface area (TPSA) is 101 Å². The number of esters is 2. The Labute approximate surface area is 198 Å². The monoisotopic (exact) mass is 460 g/mol. The van der Waals surface area contributed by atoms with Crippen LogP contribution in [0.25, 0.3) is 0 Å². The number of carbonyl (C=O) groups excluding carboxylic acids is 3. The minimum absolute atomic E-state index is 0.160. The quantitative estimate of drug-likeness (QED) is 0.229. The van der Waals surface area contributed by atoms with E-state index in [9.17, 15) is 24.6 Å². The van der Waals surface area contributed by atoms with Gasteiger partial charge in [0.25, 0.3) is 5.78 Å². The second kappa shape index (κ2) is 10.5. The number of ketones is 1. The molecule has 0 saturated heterocycles. The van der Waals surface area contributed by atoms with Gasteiger partial charge in [-0.1, -0.05) is 67.6 Å². The molecule has 0 amide bonds. The van der Waals surface area contributed by atoms with E-state index in [0.717, 1.165) is 5.56 Å². The van der Waals surface area contributed by atoms with E-state index in [1.165, 1.54) is 12.1 Å². The molecule has 0 saturated carbocycles. The van der Waals surface area contributed by atoms with Gasteiger partial charge in [-0.15, -0.1) is 0 Å². The highest BCUT2D eigenvalue weighted by molar-refractivity contribution is 6.42. The van der Waals surface area contributed by atoms with Crippen LogP contribution in [0.1, 0.15) is 49.9 Å². The second-order valence-electron chi connectivity index (χ2n) is 8.53. The summed E-state index contributed by atoms with van der Waals surface area (Å²) in [5.74, 6) is -3.50.